The highest BCUT2D eigenvalue weighted by Crippen LogP contribution is 2.19. The number of sulfone groups is 1. The molecule has 0 bridgehead atoms. The van der Waals surface area contributed by atoms with E-state index >= 15 is 0 Å². The van der Waals surface area contributed by atoms with Crippen molar-refractivity contribution in [2.24, 2.45) is 0 Å². The summed E-state index contributed by atoms with van der Waals surface area (Å²) in [6.45, 7) is 0.536. The summed E-state index contributed by atoms with van der Waals surface area (Å²) in [5.74, 6) is 0.393. The van der Waals surface area contributed by atoms with Crippen LogP contribution >= 0.6 is 11.8 Å². The number of anilines is 1. The minimum atomic E-state index is -3.28. The first-order valence-corrected chi connectivity index (χ1v) is 9.14. The Morgan fingerprint density at radius 3 is 2.50 bits per heavy atom. The Morgan fingerprint density at radius 1 is 1.20 bits per heavy atom. The lowest BCUT2D eigenvalue weighted by Crippen LogP contribution is -2.07. The molecule has 0 spiro atoms. The molecule has 2 aromatic rings. The average Bonchev–Trinajstić information content (AvgIpc) is 2.45. The monoisotopic (exact) mass is 308 g/mol. The van der Waals surface area contributed by atoms with Crippen molar-refractivity contribution in [1.82, 2.24) is 4.98 Å². The normalized spacial score (nSPS) is 11.3. The van der Waals surface area contributed by atoms with E-state index in [1.807, 2.05) is 30.5 Å². The van der Waals surface area contributed by atoms with Crippen LogP contribution in [0.4, 0.5) is 5.82 Å². The number of hydrogen-bond acceptors (Lipinski definition) is 5. The van der Waals surface area contributed by atoms with E-state index in [-0.39, 0.29) is 4.90 Å². The van der Waals surface area contributed by atoms with Gasteiger partial charge in [-0.1, -0.05) is 12.1 Å². The van der Waals surface area contributed by atoms with Gasteiger partial charge in [0.2, 0.25) is 0 Å². The van der Waals surface area contributed by atoms with Gasteiger partial charge in [0.25, 0.3) is 0 Å². The minimum Gasteiger partial charge on any atom is -0.365 e. The Morgan fingerprint density at radius 2 is 1.90 bits per heavy atom. The van der Waals surface area contributed by atoms with Crippen LogP contribution in [0.15, 0.2) is 52.4 Å². The molecule has 0 unspecified atom stereocenters. The first kappa shape index (κ1) is 14.9. The molecule has 1 heterocycles. The first-order chi connectivity index (χ1) is 9.50. The maximum atomic E-state index is 11.7. The van der Waals surface area contributed by atoms with Crippen LogP contribution in [0.25, 0.3) is 0 Å². The van der Waals surface area contributed by atoms with Crippen LogP contribution in [0, 0.1) is 0 Å². The number of thioether (sulfide) groups is 1. The number of pyridine rings is 1. The molecule has 0 atom stereocenters. The topological polar surface area (TPSA) is 59.1 Å². The van der Waals surface area contributed by atoms with Gasteiger partial charge in [-0.15, -0.1) is 11.8 Å². The van der Waals surface area contributed by atoms with Gasteiger partial charge in [-0.3, -0.25) is 0 Å². The Balaban J connectivity index is 2.15. The lowest BCUT2D eigenvalue weighted by molar-refractivity contribution is 0.601. The number of hydrogen-bond donors (Lipinski definition) is 1. The average molecular weight is 308 g/mol. The summed E-state index contributed by atoms with van der Waals surface area (Å²) in [7, 11) is -3.28. The summed E-state index contributed by atoms with van der Waals surface area (Å²) < 4.78 is 23.3. The fourth-order valence-electron chi connectivity index (χ4n) is 1.75. The van der Waals surface area contributed by atoms with E-state index in [2.05, 4.69) is 10.3 Å². The molecule has 0 aliphatic rings. The molecule has 4 nitrogen and oxygen atoms in total. The first-order valence-electron chi connectivity index (χ1n) is 6.02. The van der Waals surface area contributed by atoms with Crippen LogP contribution in [0.2, 0.25) is 0 Å². The summed E-state index contributed by atoms with van der Waals surface area (Å²) in [5.41, 5.74) is 1.08. The molecule has 1 aromatic heterocycles. The van der Waals surface area contributed by atoms with Gasteiger partial charge >= 0.3 is 0 Å². The van der Waals surface area contributed by atoms with Crippen molar-refractivity contribution in [3.8, 4) is 0 Å². The van der Waals surface area contributed by atoms with E-state index in [4.69, 9.17) is 0 Å². The summed E-state index contributed by atoms with van der Waals surface area (Å²) >= 11 is 1.69. The highest BCUT2D eigenvalue weighted by Gasteiger charge is 2.13. The van der Waals surface area contributed by atoms with Gasteiger partial charge in [0.05, 0.1) is 0 Å². The molecule has 1 N–H and O–H groups in total. The molecule has 0 fully saturated rings. The van der Waals surface area contributed by atoms with Gasteiger partial charge in [-0.05, 0) is 36.1 Å². The van der Waals surface area contributed by atoms with Crippen LogP contribution in [0.1, 0.15) is 5.56 Å². The van der Waals surface area contributed by atoms with E-state index in [1.165, 1.54) is 11.2 Å². The van der Waals surface area contributed by atoms with Gasteiger partial charge in [0, 0.05) is 23.9 Å². The second kappa shape index (κ2) is 6.28. The molecule has 2 rings (SSSR count). The zero-order chi connectivity index (χ0) is 14.6. The van der Waals surface area contributed by atoms with Crippen molar-refractivity contribution in [1.29, 1.82) is 0 Å². The van der Waals surface area contributed by atoms with Gasteiger partial charge in [-0.25, -0.2) is 13.4 Å². The summed E-state index contributed by atoms with van der Waals surface area (Å²) in [6.07, 6.45) is 4.79. The Hall–Kier alpha value is -1.53. The van der Waals surface area contributed by atoms with Crippen molar-refractivity contribution >= 4 is 27.4 Å². The third-order valence-electron chi connectivity index (χ3n) is 2.79. The van der Waals surface area contributed by atoms with Crippen molar-refractivity contribution in [3.63, 3.8) is 0 Å². The lowest BCUT2D eigenvalue weighted by Gasteiger charge is -2.09. The minimum absolute atomic E-state index is 0.223. The predicted molar refractivity (Wildman–Crippen MR) is 82.9 cm³/mol. The van der Waals surface area contributed by atoms with Crippen LogP contribution in [0.5, 0.6) is 0 Å². The molecule has 0 saturated heterocycles. The summed E-state index contributed by atoms with van der Waals surface area (Å²) in [5, 5.41) is 3.08. The number of benzene rings is 1. The SMILES string of the molecule is CSc1ccc(CNc2ncccc2S(C)(=O)=O)cc1. The highest BCUT2D eigenvalue weighted by molar-refractivity contribution is 7.98. The smallest absolute Gasteiger partial charge is 0.179 e. The van der Waals surface area contributed by atoms with Gasteiger partial charge in [0.1, 0.15) is 10.7 Å². The number of nitrogens with one attached hydrogen (secondary N) is 1. The molecular formula is C14H16N2O2S2. The third-order valence-corrected chi connectivity index (χ3v) is 4.66. The van der Waals surface area contributed by atoms with Crippen LogP contribution < -0.4 is 5.32 Å². The molecule has 1 aromatic carbocycles. The molecule has 0 saturated carbocycles. The van der Waals surface area contributed by atoms with Gasteiger partial charge in [-0.2, -0.15) is 0 Å². The Bertz CT molecular complexity index is 683. The van der Waals surface area contributed by atoms with Crippen LogP contribution in [-0.4, -0.2) is 25.9 Å². The van der Waals surface area contributed by atoms with Crippen LogP contribution in [0.3, 0.4) is 0 Å². The van der Waals surface area contributed by atoms with Crippen molar-refractivity contribution < 1.29 is 8.42 Å². The zero-order valence-corrected chi connectivity index (χ0v) is 13.0. The van der Waals surface area contributed by atoms with E-state index in [0.29, 0.717) is 12.4 Å². The lowest BCUT2D eigenvalue weighted by atomic mass is 10.2. The third kappa shape index (κ3) is 3.74. The highest BCUT2D eigenvalue weighted by atomic mass is 32.2. The van der Waals surface area contributed by atoms with Crippen LogP contribution in [-0.2, 0) is 16.4 Å². The van der Waals surface area contributed by atoms with Crippen molar-refractivity contribution in [2.75, 3.05) is 17.8 Å². The standard InChI is InChI=1S/C14H16N2O2S2/c1-19-12-7-5-11(6-8-12)10-16-14-13(20(2,17)18)4-3-9-15-14/h3-9H,10H2,1-2H3,(H,15,16). The zero-order valence-electron chi connectivity index (χ0n) is 11.3. The molecule has 0 aliphatic heterocycles. The van der Waals surface area contributed by atoms with E-state index < -0.39 is 9.84 Å². The fourth-order valence-corrected chi connectivity index (χ4v) is 2.96. The maximum Gasteiger partial charge on any atom is 0.179 e. The molecular weight excluding hydrogens is 292 g/mol. The van der Waals surface area contributed by atoms with Gasteiger partial charge < -0.3 is 5.32 Å². The Kier molecular flexibility index (Phi) is 4.67. The number of aromatic nitrogens is 1. The largest absolute Gasteiger partial charge is 0.365 e. The van der Waals surface area contributed by atoms with Crippen molar-refractivity contribution in [2.45, 2.75) is 16.3 Å². The second-order valence-electron chi connectivity index (χ2n) is 4.32. The molecule has 106 valence electrons. The fraction of sp³-hybridized carbons (Fsp3) is 0.214. The summed E-state index contributed by atoms with van der Waals surface area (Å²) in [6, 6.07) is 11.3. The second-order valence-corrected chi connectivity index (χ2v) is 7.19. The van der Waals surface area contributed by atoms with E-state index in [0.717, 1.165) is 5.56 Å². The molecule has 6 heteroatoms. The number of rotatable bonds is 5. The Labute approximate surface area is 123 Å². The maximum absolute atomic E-state index is 11.7. The van der Waals surface area contributed by atoms with E-state index in [1.54, 1.807) is 30.1 Å². The molecule has 0 aliphatic carbocycles. The van der Waals surface area contributed by atoms with Gasteiger partial charge in [0.15, 0.2) is 9.84 Å². The predicted octanol–water partition coefficient (Wildman–Crippen LogP) is 2.82. The molecule has 0 amide bonds. The quantitative estimate of drug-likeness (QED) is 0.861. The van der Waals surface area contributed by atoms with E-state index in [9.17, 15) is 8.42 Å². The number of nitrogens with zero attached hydrogens (tertiary/aromatic N) is 1. The van der Waals surface area contributed by atoms with Crippen molar-refractivity contribution in [3.05, 3.63) is 48.2 Å². The summed E-state index contributed by atoms with van der Waals surface area (Å²) in [4.78, 5) is 5.52. The molecule has 0 radical (unpaired) electrons. The molecule has 20 heavy (non-hydrogen) atoms.